The molecule has 1 aromatic carbocycles. The van der Waals surface area contributed by atoms with E-state index in [2.05, 4.69) is 14.9 Å². The maximum atomic E-state index is 13.7. The van der Waals surface area contributed by atoms with E-state index in [1.165, 1.54) is 19.2 Å². The molecule has 28 heavy (non-hydrogen) atoms. The van der Waals surface area contributed by atoms with Crippen LogP contribution in [0.15, 0.2) is 30.5 Å². The number of nitrogens with zero attached hydrogens (tertiary/aromatic N) is 4. The number of aromatic nitrogens is 2. The minimum Gasteiger partial charge on any atom is -0.479 e. The van der Waals surface area contributed by atoms with Crippen LogP contribution in [0.25, 0.3) is 0 Å². The second kappa shape index (κ2) is 10.5. The Bertz CT molecular complexity index is 751. The van der Waals surface area contributed by atoms with Crippen LogP contribution in [0, 0.1) is 11.6 Å². The molecular formula is C19H25ClF2N4O2. The number of methoxy groups -OCH3 is 1. The lowest BCUT2D eigenvalue weighted by atomic mass is 10.0. The zero-order valence-electron chi connectivity index (χ0n) is 15.7. The fourth-order valence-electron chi connectivity index (χ4n) is 3.32. The summed E-state index contributed by atoms with van der Waals surface area (Å²) in [5.74, 6) is -0.608. The van der Waals surface area contributed by atoms with Crippen molar-refractivity contribution in [2.45, 2.75) is 18.9 Å². The molecule has 0 bridgehead atoms. The first kappa shape index (κ1) is 22.3. The fourth-order valence-corrected chi connectivity index (χ4v) is 3.32. The van der Waals surface area contributed by atoms with Gasteiger partial charge in [0.15, 0.2) is 0 Å². The van der Waals surface area contributed by atoms with Gasteiger partial charge in [-0.05, 0) is 37.1 Å². The lowest BCUT2D eigenvalue weighted by Gasteiger charge is -2.41. The van der Waals surface area contributed by atoms with E-state index in [0.717, 1.165) is 37.7 Å². The number of hydrogen-bond donors (Lipinski definition) is 1. The van der Waals surface area contributed by atoms with Crippen LogP contribution >= 0.6 is 12.4 Å². The van der Waals surface area contributed by atoms with Gasteiger partial charge in [0.1, 0.15) is 5.82 Å². The summed E-state index contributed by atoms with van der Waals surface area (Å²) in [5, 5.41) is 8.99. The van der Waals surface area contributed by atoms with Crippen molar-refractivity contribution in [1.29, 1.82) is 0 Å². The van der Waals surface area contributed by atoms with Gasteiger partial charge in [0.05, 0.1) is 19.3 Å². The van der Waals surface area contributed by atoms with Gasteiger partial charge < -0.3 is 14.7 Å². The molecule has 1 unspecified atom stereocenters. The molecule has 1 fully saturated rings. The molecule has 1 aliphatic heterocycles. The molecule has 154 valence electrons. The van der Waals surface area contributed by atoms with Crippen molar-refractivity contribution >= 4 is 18.4 Å². The highest BCUT2D eigenvalue weighted by Gasteiger charge is 2.30. The SMILES string of the molecule is COc1nc(N2CCN(CCCCO)CC2c2ccc(F)cc2)ncc1F.Cl. The Morgan fingerprint density at radius 1 is 1.18 bits per heavy atom. The first-order chi connectivity index (χ1) is 13.1. The van der Waals surface area contributed by atoms with Gasteiger partial charge >= 0.3 is 0 Å². The highest BCUT2D eigenvalue weighted by molar-refractivity contribution is 5.85. The van der Waals surface area contributed by atoms with E-state index >= 15 is 0 Å². The molecule has 1 atom stereocenters. The molecule has 0 amide bonds. The number of hydrogen-bond acceptors (Lipinski definition) is 6. The minimum atomic E-state index is -0.609. The smallest absolute Gasteiger partial charge is 0.255 e. The molecule has 0 spiro atoms. The number of aliphatic hydroxyl groups excluding tert-OH is 1. The predicted octanol–water partition coefficient (Wildman–Crippen LogP) is 2.82. The van der Waals surface area contributed by atoms with Crippen LogP contribution in [0.5, 0.6) is 5.88 Å². The first-order valence-corrected chi connectivity index (χ1v) is 9.04. The monoisotopic (exact) mass is 414 g/mol. The minimum absolute atomic E-state index is 0. The van der Waals surface area contributed by atoms with Crippen LogP contribution in [0.3, 0.4) is 0 Å². The van der Waals surface area contributed by atoms with Gasteiger partial charge in [-0.15, -0.1) is 12.4 Å². The van der Waals surface area contributed by atoms with Gasteiger partial charge in [0.25, 0.3) is 5.88 Å². The summed E-state index contributed by atoms with van der Waals surface area (Å²) in [4.78, 5) is 12.6. The third-order valence-corrected chi connectivity index (χ3v) is 4.75. The predicted molar refractivity (Wildman–Crippen MR) is 105 cm³/mol. The van der Waals surface area contributed by atoms with Crippen molar-refractivity contribution in [2.24, 2.45) is 0 Å². The van der Waals surface area contributed by atoms with Gasteiger partial charge in [-0.1, -0.05) is 12.1 Å². The molecule has 9 heteroatoms. The third kappa shape index (κ3) is 5.27. The van der Waals surface area contributed by atoms with Crippen molar-refractivity contribution in [2.75, 3.05) is 44.8 Å². The summed E-state index contributed by atoms with van der Waals surface area (Å²) in [6.45, 7) is 3.21. The van der Waals surface area contributed by atoms with E-state index in [1.807, 2.05) is 4.90 Å². The van der Waals surface area contributed by atoms with Crippen molar-refractivity contribution in [3.8, 4) is 5.88 Å². The Kier molecular flexibility index (Phi) is 8.35. The largest absolute Gasteiger partial charge is 0.479 e. The van der Waals surface area contributed by atoms with E-state index < -0.39 is 5.82 Å². The van der Waals surface area contributed by atoms with Crippen molar-refractivity contribution < 1.29 is 18.6 Å². The average molecular weight is 415 g/mol. The van der Waals surface area contributed by atoms with E-state index in [9.17, 15) is 8.78 Å². The molecule has 2 heterocycles. The number of unbranched alkanes of at least 4 members (excludes halogenated alkanes) is 1. The standard InChI is InChI=1S/C19H24F2N4O2.ClH/c1-27-18-16(21)12-22-19(23-18)25-10-9-24(8-2-3-11-26)13-17(25)14-4-6-15(20)7-5-14;/h4-7,12,17,26H,2-3,8-11,13H2,1H3;1H. The lowest BCUT2D eigenvalue weighted by molar-refractivity contribution is 0.207. The summed E-state index contributed by atoms with van der Waals surface area (Å²) in [7, 11) is 1.37. The number of ether oxygens (including phenoxy) is 1. The second-order valence-electron chi connectivity index (χ2n) is 6.52. The number of halogens is 3. The fraction of sp³-hybridized carbons (Fsp3) is 0.474. The Morgan fingerprint density at radius 3 is 2.61 bits per heavy atom. The third-order valence-electron chi connectivity index (χ3n) is 4.75. The van der Waals surface area contributed by atoms with Crippen LogP contribution in [0.1, 0.15) is 24.4 Å². The molecule has 0 saturated carbocycles. The zero-order chi connectivity index (χ0) is 19.2. The van der Waals surface area contributed by atoms with Crippen LogP contribution in [0.4, 0.5) is 14.7 Å². The number of rotatable bonds is 7. The maximum absolute atomic E-state index is 13.7. The maximum Gasteiger partial charge on any atom is 0.255 e. The number of aliphatic hydroxyl groups is 1. The van der Waals surface area contributed by atoms with Crippen LogP contribution in [-0.2, 0) is 0 Å². The Balaban J connectivity index is 0.00000280. The van der Waals surface area contributed by atoms with Crippen LogP contribution in [-0.4, -0.2) is 59.9 Å². The normalized spacial score (nSPS) is 17.3. The Labute approximate surface area is 169 Å². The molecule has 1 aliphatic rings. The molecule has 3 rings (SSSR count). The molecule has 0 radical (unpaired) electrons. The average Bonchev–Trinajstić information content (AvgIpc) is 2.69. The summed E-state index contributed by atoms with van der Waals surface area (Å²) in [6.07, 6.45) is 2.78. The molecule has 0 aliphatic carbocycles. The second-order valence-corrected chi connectivity index (χ2v) is 6.52. The van der Waals surface area contributed by atoms with Gasteiger partial charge in [0.2, 0.25) is 11.8 Å². The highest BCUT2D eigenvalue weighted by atomic mass is 35.5. The topological polar surface area (TPSA) is 61.7 Å². The van der Waals surface area contributed by atoms with Crippen molar-refractivity contribution in [3.63, 3.8) is 0 Å². The highest BCUT2D eigenvalue weighted by Crippen LogP contribution is 2.30. The van der Waals surface area contributed by atoms with Crippen molar-refractivity contribution in [1.82, 2.24) is 14.9 Å². The molecule has 1 aromatic heterocycles. The molecule has 1 saturated heterocycles. The summed E-state index contributed by atoms with van der Waals surface area (Å²) < 4.78 is 32.0. The molecular weight excluding hydrogens is 390 g/mol. The van der Waals surface area contributed by atoms with E-state index in [4.69, 9.17) is 9.84 Å². The molecule has 6 nitrogen and oxygen atoms in total. The number of benzene rings is 1. The van der Waals surface area contributed by atoms with Gasteiger partial charge in [-0.25, -0.2) is 9.37 Å². The lowest BCUT2D eigenvalue weighted by Crippen LogP contribution is -2.49. The Morgan fingerprint density at radius 2 is 1.93 bits per heavy atom. The summed E-state index contributed by atoms with van der Waals surface area (Å²) >= 11 is 0. The first-order valence-electron chi connectivity index (χ1n) is 9.04. The van der Waals surface area contributed by atoms with E-state index in [-0.39, 0.29) is 36.8 Å². The molecule has 1 N–H and O–H groups in total. The number of anilines is 1. The summed E-state index contributed by atoms with van der Waals surface area (Å²) in [5.41, 5.74) is 0.940. The van der Waals surface area contributed by atoms with Crippen LogP contribution in [0.2, 0.25) is 0 Å². The molecule has 2 aromatic rings. The van der Waals surface area contributed by atoms with Gasteiger partial charge in [-0.3, -0.25) is 4.90 Å². The van der Waals surface area contributed by atoms with Gasteiger partial charge in [-0.2, -0.15) is 9.37 Å². The van der Waals surface area contributed by atoms with Gasteiger partial charge in [0, 0.05) is 26.2 Å². The zero-order valence-corrected chi connectivity index (χ0v) is 16.5. The van der Waals surface area contributed by atoms with E-state index in [1.54, 1.807) is 12.1 Å². The van der Waals surface area contributed by atoms with Crippen molar-refractivity contribution in [3.05, 3.63) is 47.7 Å². The summed E-state index contributed by atoms with van der Waals surface area (Å²) in [6, 6.07) is 6.29. The van der Waals surface area contributed by atoms with E-state index in [0.29, 0.717) is 19.0 Å². The van der Waals surface area contributed by atoms with Crippen LogP contribution < -0.4 is 9.64 Å². The quantitative estimate of drug-likeness (QED) is 0.703. The number of piperazine rings is 1. The Hall–Kier alpha value is -2.03.